The average molecular weight is 835 g/mol. The molecule has 0 N–H and O–H groups in total. The molecular formula is C53H102O6. The number of carbonyl (C=O) groups is 3. The van der Waals surface area contributed by atoms with Gasteiger partial charge < -0.3 is 14.2 Å². The maximum atomic E-state index is 12.8. The molecule has 0 saturated carbocycles. The molecular weight excluding hydrogens is 733 g/mol. The molecule has 0 rings (SSSR count). The van der Waals surface area contributed by atoms with Crippen LogP contribution < -0.4 is 0 Å². The predicted octanol–water partition coefficient (Wildman–Crippen LogP) is 17.1. The molecule has 0 aliphatic carbocycles. The molecule has 0 spiro atoms. The van der Waals surface area contributed by atoms with Crippen molar-refractivity contribution in [3.8, 4) is 0 Å². The van der Waals surface area contributed by atoms with E-state index in [1.54, 1.807) is 0 Å². The number of esters is 3. The Morgan fingerprint density at radius 2 is 0.559 bits per heavy atom. The molecule has 0 fully saturated rings. The van der Waals surface area contributed by atoms with Gasteiger partial charge in [0.1, 0.15) is 13.2 Å². The van der Waals surface area contributed by atoms with Crippen LogP contribution in [0, 0.1) is 5.92 Å². The summed E-state index contributed by atoms with van der Waals surface area (Å²) in [4.78, 5) is 37.9. The van der Waals surface area contributed by atoms with Crippen LogP contribution in [0.25, 0.3) is 0 Å². The minimum atomic E-state index is -0.760. The van der Waals surface area contributed by atoms with Gasteiger partial charge in [0.25, 0.3) is 0 Å². The Hall–Kier alpha value is -1.59. The lowest BCUT2D eigenvalue weighted by Gasteiger charge is -2.18. The lowest BCUT2D eigenvalue weighted by molar-refractivity contribution is -0.167. The molecule has 1 atom stereocenters. The number of carbonyl (C=O) groups excluding carboxylic acids is 3. The monoisotopic (exact) mass is 835 g/mol. The van der Waals surface area contributed by atoms with Gasteiger partial charge in [-0.15, -0.1) is 0 Å². The molecule has 6 heteroatoms. The van der Waals surface area contributed by atoms with Gasteiger partial charge in [-0.05, 0) is 25.2 Å². The first-order chi connectivity index (χ1) is 28.9. The van der Waals surface area contributed by atoms with Crippen molar-refractivity contribution in [2.24, 2.45) is 5.92 Å². The molecule has 0 unspecified atom stereocenters. The van der Waals surface area contributed by atoms with Crippen molar-refractivity contribution in [1.29, 1.82) is 0 Å². The van der Waals surface area contributed by atoms with Crippen molar-refractivity contribution in [2.45, 2.75) is 303 Å². The standard InChI is InChI=1S/C53H102O6/c1-5-7-9-11-13-15-17-20-25-28-32-36-40-44-51(54)57-47-50(59-53(56)46-42-38-34-30-24-18-16-14-12-10-8-6-2)48-58-52(55)45-41-37-33-29-26-22-19-21-23-27-31-35-39-43-49(3)4/h49-50H,5-48H2,1-4H3/t50-/m0/s1. The van der Waals surface area contributed by atoms with Crippen molar-refractivity contribution < 1.29 is 28.6 Å². The summed E-state index contributed by atoms with van der Waals surface area (Å²) >= 11 is 0. The maximum Gasteiger partial charge on any atom is 0.306 e. The zero-order valence-electron chi connectivity index (χ0n) is 40.2. The minimum absolute atomic E-state index is 0.0625. The zero-order valence-corrected chi connectivity index (χ0v) is 40.2. The highest BCUT2D eigenvalue weighted by Crippen LogP contribution is 2.17. The van der Waals surface area contributed by atoms with E-state index in [4.69, 9.17) is 14.2 Å². The van der Waals surface area contributed by atoms with E-state index in [1.165, 1.54) is 193 Å². The molecule has 0 heterocycles. The molecule has 0 bridgehead atoms. The van der Waals surface area contributed by atoms with Crippen LogP contribution in [0.1, 0.15) is 297 Å². The zero-order chi connectivity index (χ0) is 43.1. The van der Waals surface area contributed by atoms with Gasteiger partial charge in [-0.1, -0.05) is 259 Å². The second kappa shape index (κ2) is 47.5. The van der Waals surface area contributed by atoms with Crippen LogP contribution in [0.5, 0.6) is 0 Å². The van der Waals surface area contributed by atoms with E-state index in [1.807, 2.05) is 0 Å². The van der Waals surface area contributed by atoms with E-state index < -0.39 is 6.10 Å². The van der Waals surface area contributed by atoms with Gasteiger partial charge >= 0.3 is 17.9 Å². The van der Waals surface area contributed by atoms with E-state index in [9.17, 15) is 14.4 Å². The first kappa shape index (κ1) is 57.4. The minimum Gasteiger partial charge on any atom is -0.462 e. The summed E-state index contributed by atoms with van der Waals surface area (Å²) in [5.41, 5.74) is 0. The van der Waals surface area contributed by atoms with Crippen LogP contribution in [0.3, 0.4) is 0 Å². The summed E-state index contributed by atoms with van der Waals surface area (Å²) in [6, 6.07) is 0. The van der Waals surface area contributed by atoms with Crippen LogP contribution in [0.4, 0.5) is 0 Å². The maximum absolute atomic E-state index is 12.8. The Kier molecular flexibility index (Phi) is 46.2. The molecule has 0 aromatic rings. The molecule has 0 amide bonds. The fourth-order valence-electron chi connectivity index (χ4n) is 8.04. The molecule has 350 valence electrons. The van der Waals surface area contributed by atoms with Crippen molar-refractivity contribution >= 4 is 17.9 Å². The second-order valence-corrected chi connectivity index (χ2v) is 18.6. The number of hydrogen-bond donors (Lipinski definition) is 0. The molecule has 0 aliphatic rings. The Labute approximate surface area is 368 Å². The number of ether oxygens (including phenoxy) is 3. The van der Waals surface area contributed by atoms with Crippen LogP contribution in [0.15, 0.2) is 0 Å². The first-order valence-electron chi connectivity index (χ1n) is 26.4. The van der Waals surface area contributed by atoms with E-state index in [2.05, 4.69) is 27.7 Å². The van der Waals surface area contributed by atoms with Gasteiger partial charge in [0.05, 0.1) is 0 Å². The normalized spacial score (nSPS) is 11.9. The Balaban J connectivity index is 4.29. The lowest BCUT2D eigenvalue weighted by Crippen LogP contribution is -2.30. The first-order valence-corrected chi connectivity index (χ1v) is 26.4. The summed E-state index contributed by atoms with van der Waals surface area (Å²) in [5.74, 6) is -0.00262. The summed E-state index contributed by atoms with van der Waals surface area (Å²) in [6.45, 7) is 9.03. The van der Waals surface area contributed by atoms with Crippen molar-refractivity contribution in [3.63, 3.8) is 0 Å². The van der Waals surface area contributed by atoms with E-state index in [-0.39, 0.29) is 31.1 Å². The number of hydrogen-bond acceptors (Lipinski definition) is 6. The van der Waals surface area contributed by atoms with Crippen molar-refractivity contribution in [1.82, 2.24) is 0 Å². The number of unbranched alkanes of at least 4 members (excludes halogenated alkanes) is 35. The quantitative estimate of drug-likeness (QED) is 0.0345. The summed E-state index contributed by atoms with van der Waals surface area (Å²) in [5, 5.41) is 0. The molecule has 0 saturated heterocycles. The molecule has 59 heavy (non-hydrogen) atoms. The van der Waals surface area contributed by atoms with Gasteiger partial charge in [-0.25, -0.2) is 0 Å². The molecule has 0 aromatic carbocycles. The van der Waals surface area contributed by atoms with Crippen LogP contribution in [-0.2, 0) is 28.6 Å². The Morgan fingerprint density at radius 1 is 0.322 bits per heavy atom. The van der Waals surface area contributed by atoms with Crippen molar-refractivity contribution in [3.05, 3.63) is 0 Å². The van der Waals surface area contributed by atoms with Crippen LogP contribution in [0.2, 0.25) is 0 Å². The third kappa shape index (κ3) is 47.3. The Morgan fingerprint density at radius 3 is 0.831 bits per heavy atom. The predicted molar refractivity (Wildman–Crippen MR) is 252 cm³/mol. The highest BCUT2D eigenvalue weighted by molar-refractivity contribution is 5.71. The fourth-order valence-corrected chi connectivity index (χ4v) is 8.04. The van der Waals surface area contributed by atoms with Gasteiger partial charge in [0.15, 0.2) is 6.10 Å². The van der Waals surface area contributed by atoms with Gasteiger partial charge in [0, 0.05) is 19.3 Å². The Bertz CT molecular complexity index is 887. The topological polar surface area (TPSA) is 78.9 Å². The summed E-state index contributed by atoms with van der Waals surface area (Å²) in [7, 11) is 0. The fraction of sp³-hybridized carbons (Fsp3) is 0.943. The van der Waals surface area contributed by atoms with Crippen LogP contribution >= 0.6 is 0 Å². The van der Waals surface area contributed by atoms with Crippen LogP contribution in [-0.4, -0.2) is 37.2 Å². The molecule has 6 nitrogen and oxygen atoms in total. The second-order valence-electron chi connectivity index (χ2n) is 18.6. The van der Waals surface area contributed by atoms with Crippen molar-refractivity contribution in [2.75, 3.05) is 13.2 Å². The summed E-state index contributed by atoms with van der Waals surface area (Å²) in [6.07, 6.45) is 49.4. The van der Waals surface area contributed by atoms with E-state index in [0.717, 1.165) is 63.7 Å². The highest BCUT2D eigenvalue weighted by atomic mass is 16.6. The van der Waals surface area contributed by atoms with Gasteiger partial charge in [-0.2, -0.15) is 0 Å². The van der Waals surface area contributed by atoms with E-state index in [0.29, 0.717) is 19.3 Å². The van der Waals surface area contributed by atoms with Gasteiger partial charge in [-0.3, -0.25) is 14.4 Å². The molecule has 0 radical (unpaired) electrons. The SMILES string of the molecule is CCCCCCCCCCCCCCCC(=O)OC[C@@H](COC(=O)CCCCCCCCCCCCCCCC(C)C)OC(=O)CCCCCCCCCCCCCC. The third-order valence-corrected chi connectivity index (χ3v) is 12.0. The molecule has 0 aliphatic heterocycles. The largest absolute Gasteiger partial charge is 0.462 e. The third-order valence-electron chi connectivity index (χ3n) is 12.0. The average Bonchev–Trinajstić information content (AvgIpc) is 3.22. The van der Waals surface area contributed by atoms with E-state index >= 15 is 0 Å². The highest BCUT2D eigenvalue weighted by Gasteiger charge is 2.19. The lowest BCUT2D eigenvalue weighted by atomic mass is 10.0. The molecule has 0 aromatic heterocycles. The summed E-state index contributed by atoms with van der Waals surface area (Å²) < 4.78 is 16.8. The van der Waals surface area contributed by atoms with Gasteiger partial charge in [0.2, 0.25) is 0 Å². The number of rotatable bonds is 48. The smallest absolute Gasteiger partial charge is 0.306 e.